The summed E-state index contributed by atoms with van der Waals surface area (Å²) in [5, 5.41) is 5.74. The van der Waals surface area contributed by atoms with Crippen LogP contribution in [0.25, 0.3) is 0 Å². The van der Waals surface area contributed by atoms with Crippen molar-refractivity contribution < 1.29 is 9.59 Å². The van der Waals surface area contributed by atoms with Gasteiger partial charge in [-0.1, -0.05) is 55.0 Å². The molecule has 2 aromatic carbocycles. The molecule has 0 aromatic heterocycles. The van der Waals surface area contributed by atoms with Crippen LogP contribution in [0.1, 0.15) is 37.5 Å². The lowest BCUT2D eigenvalue weighted by Crippen LogP contribution is -2.45. The number of rotatable bonds is 6. The molecule has 2 N–H and O–H groups in total. The van der Waals surface area contributed by atoms with Crippen LogP contribution in [0.2, 0.25) is 0 Å². The molecule has 0 saturated carbocycles. The van der Waals surface area contributed by atoms with Crippen molar-refractivity contribution >= 4 is 17.5 Å². The second-order valence-corrected chi connectivity index (χ2v) is 6.76. The first-order valence-electron chi connectivity index (χ1n) is 8.57. The average molecular weight is 338 g/mol. The summed E-state index contributed by atoms with van der Waals surface area (Å²) in [6.07, 6.45) is 0.816. The van der Waals surface area contributed by atoms with Gasteiger partial charge in [0.1, 0.15) is 5.41 Å². The van der Waals surface area contributed by atoms with Crippen LogP contribution in [0.5, 0.6) is 0 Å². The number of aryl methyl sites for hydroxylation is 2. The summed E-state index contributed by atoms with van der Waals surface area (Å²) in [6.45, 7) is 7.73. The number of benzene rings is 2. The van der Waals surface area contributed by atoms with Gasteiger partial charge in [0.05, 0.1) is 0 Å². The zero-order valence-electron chi connectivity index (χ0n) is 15.3. The molecule has 0 bridgehead atoms. The molecule has 2 amide bonds. The minimum absolute atomic E-state index is 0.292. The molecule has 0 aliphatic carbocycles. The second-order valence-electron chi connectivity index (χ2n) is 6.76. The van der Waals surface area contributed by atoms with Gasteiger partial charge in [-0.3, -0.25) is 9.59 Å². The number of anilines is 1. The largest absolute Gasteiger partial charge is 0.351 e. The van der Waals surface area contributed by atoms with Gasteiger partial charge in [-0.05, 0) is 44.4 Å². The van der Waals surface area contributed by atoms with Crippen molar-refractivity contribution in [2.45, 2.75) is 40.7 Å². The maximum Gasteiger partial charge on any atom is 0.239 e. The molecule has 25 heavy (non-hydrogen) atoms. The van der Waals surface area contributed by atoms with E-state index in [1.807, 2.05) is 62.4 Å². The monoisotopic (exact) mass is 338 g/mol. The van der Waals surface area contributed by atoms with Gasteiger partial charge in [-0.25, -0.2) is 0 Å². The van der Waals surface area contributed by atoms with Crippen LogP contribution < -0.4 is 10.6 Å². The van der Waals surface area contributed by atoms with Crippen molar-refractivity contribution in [2.24, 2.45) is 5.41 Å². The van der Waals surface area contributed by atoms with Crippen LogP contribution in [0.3, 0.4) is 0 Å². The summed E-state index contributed by atoms with van der Waals surface area (Å²) in [7, 11) is 0. The van der Waals surface area contributed by atoms with Gasteiger partial charge in [-0.15, -0.1) is 0 Å². The molecule has 132 valence electrons. The minimum Gasteiger partial charge on any atom is -0.351 e. The number of carbonyl (C=O) groups excluding carboxylic acids is 2. The van der Waals surface area contributed by atoms with E-state index in [0.29, 0.717) is 6.54 Å². The van der Waals surface area contributed by atoms with Gasteiger partial charge in [0.25, 0.3) is 0 Å². The van der Waals surface area contributed by atoms with Crippen LogP contribution in [0, 0.1) is 12.3 Å². The van der Waals surface area contributed by atoms with Crippen LogP contribution >= 0.6 is 0 Å². The van der Waals surface area contributed by atoms with E-state index in [9.17, 15) is 9.59 Å². The molecule has 0 radical (unpaired) electrons. The van der Waals surface area contributed by atoms with E-state index < -0.39 is 5.41 Å². The molecule has 2 aromatic rings. The van der Waals surface area contributed by atoms with Crippen molar-refractivity contribution in [1.82, 2.24) is 5.32 Å². The first-order chi connectivity index (χ1) is 11.8. The highest BCUT2D eigenvalue weighted by atomic mass is 16.2. The summed E-state index contributed by atoms with van der Waals surface area (Å²) >= 11 is 0. The zero-order valence-corrected chi connectivity index (χ0v) is 15.3. The van der Waals surface area contributed by atoms with Gasteiger partial charge in [0.2, 0.25) is 11.8 Å². The topological polar surface area (TPSA) is 58.2 Å². The summed E-state index contributed by atoms with van der Waals surface area (Å²) in [5.74, 6) is -0.602. The fourth-order valence-electron chi connectivity index (χ4n) is 2.44. The number of para-hydroxylation sites is 1. The third-order valence-electron chi connectivity index (χ3n) is 4.36. The predicted molar refractivity (Wildman–Crippen MR) is 101 cm³/mol. The van der Waals surface area contributed by atoms with Crippen LogP contribution in [-0.4, -0.2) is 11.8 Å². The van der Waals surface area contributed by atoms with Crippen LogP contribution in [-0.2, 0) is 22.6 Å². The Labute approximate surface area is 149 Å². The Morgan fingerprint density at radius 2 is 1.60 bits per heavy atom. The molecule has 0 unspecified atom stereocenters. The van der Waals surface area contributed by atoms with Gasteiger partial charge in [0, 0.05) is 12.2 Å². The van der Waals surface area contributed by atoms with E-state index in [2.05, 4.69) is 10.6 Å². The molecular weight excluding hydrogens is 312 g/mol. The van der Waals surface area contributed by atoms with E-state index >= 15 is 0 Å². The molecule has 0 aliphatic rings. The van der Waals surface area contributed by atoms with Gasteiger partial charge in [-0.2, -0.15) is 0 Å². The predicted octanol–water partition coefficient (Wildman–Crippen LogP) is 3.84. The molecule has 0 aliphatic heterocycles. The maximum atomic E-state index is 12.6. The minimum atomic E-state index is -1.16. The zero-order chi connectivity index (χ0) is 18.4. The summed E-state index contributed by atoms with van der Waals surface area (Å²) < 4.78 is 0. The maximum absolute atomic E-state index is 12.6. The molecule has 0 heterocycles. The van der Waals surface area contributed by atoms with E-state index in [1.165, 1.54) is 5.56 Å². The summed E-state index contributed by atoms with van der Waals surface area (Å²) in [4.78, 5) is 25.1. The second kappa shape index (κ2) is 7.97. The van der Waals surface area contributed by atoms with E-state index in [-0.39, 0.29) is 11.8 Å². The third-order valence-corrected chi connectivity index (χ3v) is 4.36. The standard InChI is InChI=1S/C21H26N2O2/c1-5-17-8-6-7-9-18(17)23-20(25)21(3,4)19(24)22-14-16-12-10-15(2)11-13-16/h6-13H,5,14H2,1-4H3,(H,22,24)(H,23,25). The van der Waals surface area contributed by atoms with Crippen molar-refractivity contribution in [3.8, 4) is 0 Å². The Hall–Kier alpha value is -2.62. The van der Waals surface area contributed by atoms with Crippen molar-refractivity contribution in [2.75, 3.05) is 5.32 Å². The Morgan fingerprint density at radius 3 is 2.24 bits per heavy atom. The Balaban J connectivity index is 2.01. The van der Waals surface area contributed by atoms with Crippen LogP contribution in [0.15, 0.2) is 48.5 Å². The SMILES string of the molecule is CCc1ccccc1NC(=O)C(C)(C)C(=O)NCc1ccc(C)cc1. The smallest absolute Gasteiger partial charge is 0.239 e. The van der Waals surface area contributed by atoms with Gasteiger partial charge >= 0.3 is 0 Å². The number of hydrogen-bond acceptors (Lipinski definition) is 2. The fourth-order valence-corrected chi connectivity index (χ4v) is 2.44. The highest BCUT2D eigenvalue weighted by Gasteiger charge is 2.36. The third kappa shape index (κ3) is 4.69. The lowest BCUT2D eigenvalue weighted by Gasteiger charge is -2.23. The number of hydrogen-bond donors (Lipinski definition) is 2. The number of amides is 2. The average Bonchev–Trinajstić information content (AvgIpc) is 2.61. The molecule has 2 rings (SSSR count). The first-order valence-corrected chi connectivity index (χ1v) is 8.57. The quantitative estimate of drug-likeness (QED) is 0.786. The lowest BCUT2D eigenvalue weighted by atomic mass is 9.90. The molecule has 4 nitrogen and oxygen atoms in total. The molecule has 0 saturated heterocycles. The Bertz CT molecular complexity index is 749. The summed E-state index contributed by atoms with van der Waals surface area (Å²) in [5.41, 5.74) is 2.82. The van der Waals surface area contributed by atoms with Gasteiger partial charge in [0.15, 0.2) is 0 Å². The van der Waals surface area contributed by atoms with Crippen molar-refractivity contribution in [3.05, 3.63) is 65.2 Å². The van der Waals surface area contributed by atoms with E-state index in [4.69, 9.17) is 0 Å². The number of nitrogens with one attached hydrogen (secondary N) is 2. The fraction of sp³-hybridized carbons (Fsp3) is 0.333. The lowest BCUT2D eigenvalue weighted by molar-refractivity contribution is -0.138. The Kier molecular flexibility index (Phi) is 5.97. The first kappa shape index (κ1) is 18.7. The molecule has 4 heteroatoms. The van der Waals surface area contributed by atoms with Crippen molar-refractivity contribution in [3.63, 3.8) is 0 Å². The van der Waals surface area contributed by atoms with Gasteiger partial charge < -0.3 is 10.6 Å². The van der Waals surface area contributed by atoms with E-state index in [0.717, 1.165) is 23.2 Å². The molecule has 0 fully saturated rings. The van der Waals surface area contributed by atoms with Crippen molar-refractivity contribution in [1.29, 1.82) is 0 Å². The molecular formula is C21H26N2O2. The highest BCUT2D eigenvalue weighted by molar-refractivity contribution is 6.10. The molecule has 0 atom stereocenters. The molecule has 0 spiro atoms. The summed E-state index contributed by atoms with van der Waals surface area (Å²) in [6, 6.07) is 15.6. The number of carbonyl (C=O) groups is 2. The van der Waals surface area contributed by atoms with Crippen LogP contribution in [0.4, 0.5) is 5.69 Å². The van der Waals surface area contributed by atoms with E-state index in [1.54, 1.807) is 13.8 Å². The normalized spacial score (nSPS) is 11.0. The highest BCUT2D eigenvalue weighted by Crippen LogP contribution is 2.22. The Morgan fingerprint density at radius 1 is 0.960 bits per heavy atom.